The van der Waals surface area contributed by atoms with Gasteiger partial charge >= 0.3 is 5.97 Å². The van der Waals surface area contributed by atoms with E-state index in [2.05, 4.69) is 13.8 Å². The number of carbonyl (C=O) groups is 1. The third-order valence-corrected chi connectivity index (χ3v) is 7.09. The van der Waals surface area contributed by atoms with Crippen molar-refractivity contribution in [3.05, 3.63) is 89.3 Å². The Labute approximate surface area is 216 Å². The van der Waals surface area contributed by atoms with E-state index >= 15 is 4.39 Å². The molecule has 194 valence electrons. The lowest BCUT2D eigenvalue weighted by atomic mass is 9.72. The van der Waals surface area contributed by atoms with Gasteiger partial charge in [-0.15, -0.1) is 0 Å². The molecule has 36 heavy (non-hydrogen) atoms. The van der Waals surface area contributed by atoms with Crippen molar-refractivity contribution in [2.45, 2.75) is 89.4 Å². The molecule has 1 aliphatic rings. The fraction of sp³-hybridized carbons (Fsp3) is 0.469. The molecular weight excluding hydrogens is 451 g/mol. The monoisotopic (exact) mass is 492 g/mol. The smallest absolute Gasteiger partial charge is 0.322 e. The van der Waals surface area contributed by atoms with Crippen LogP contribution in [-0.4, -0.2) is 17.7 Å². The van der Waals surface area contributed by atoms with E-state index in [1.165, 1.54) is 38.2 Å². The van der Waals surface area contributed by atoms with E-state index in [0.29, 0.717) is 12.2 Å². The molecule has 1 N–H and O–H groups in total. The fourth-order valence-corrected chi connectivity index (χ4v) is 4.93. The molecule has 0 aromatic heterocycles. The molecule has 3 rings (SSSR count). The molecule has 0 saturated carbocycles. The highest BCUT2D eigenvalue weighted by Crippen LogP contribution is 2.41. The van der Waals surface area contributed by atoms with E-state index in [-0.39, 0.29) is 0 Å². The summed E-state index contributed by atoms with van der Waals surface area (Å²) in [5.74, 6) is -1.33. The van der Waals surface area contributed by atoms with Crippen LogP contribution in [0.4, 0.5) is 4.39 Å². The second-order valence-electron chi connectivity index (χ2n) is 9.84. The van der Waals surface area contributed by atoms with Crippen LogP contribution < -0.4 is 4.74 Å². The molecule has 0 aliphatic heterocycles. The SMILES string of the molecule is CCCCCCCCOc1ccc(C2C=CC(C(=O)O)(c3ccccc3CCCCC)C=C2F)cc1. The van der Waals surface area contributed by atoms with Gasteiger partial charge in [-0.05, 0) is 54.2 Å². The van der Waals surface area contributed by atoms with Crippen LogP contribution in [0.15, 0.2) is 72.6 Å². The molecule has 0 spiro atoms. The summed E-state index contributed by atoms with van der Waals surface area (Å²) in [6.07, 6.45) is 15.9. The Morgan fingerprint density at radius 3 is 2.28 bits per heavy atom. The number of carboxylic acids is 1. The Morgan fingerprint density at radius 2 is 1.58 bits per heavy atom. The molecule has 0 amide bonds. The van der Waals surface area contributed by atoms with Gasteiger partial charge in [0, 0.05) is 0 Å². The standard InChI is InChI=1S/C32H41FO3/c1-3-5-7-8-9-13-23-36-27-19-17-25(18-20-27)28-21-22-32(31(34)35,24-30(28)33)29-16-12-11-15-26(29)14-10-6-4-2/h11-12,15-22,24,28H,3-10,13-14,23H2,1-2H3,(H,34,35). The number of aryl methyl sites for hydroxylation is 1. The average molecular weight is 493 g/mol. The molecular formula is C32H41FO3. The Morgan fingerprint density at radius 1 is 0.917 bits per heavy atom. The Balaban J connectivity index is 1.69. The maximum absolute atomic E-state index is 15.5. The number of rotatable bonds is 15. The van der Waals surface area contributed by atoms with Gasteiger partial charge < -0.3 is 9.84 Å². The number of benzene rings is 2. The van der Waals surface area contributed by atoms with Gasteiger partial charge in [0.1, 0.15) is 17.0 Å². The number of ether oxygens (including phenoxy) is 1. The van der Waals surface area contributed by atoms with Gasteiger partial charge in [0.05, 0.1) is 12.5 Å². The Hall–Kier alpha value is -2.88. The van der Waals surface area contributed by atoms with E-state index in [9.17, 15) is 9.90 Å². The molecule has 2 aromatic rings. The quantitative estimate of drug-likeness (QED) is 0.200. The summed E-state index contributed by atoms with van der Waals surface area (Å²) in [5.41, 5.74) is 0.898. The molecule has 3 nitrogen and oxygen atoms in total. The first kappa shape index (κ1) is 27.7. The molecule has 4 heteroatoms. The second-order valence-corrected chi connectivity index (χ2v) is 9.84. The maximum Gasteiger partial charge on any atom is 0.322 e. The van der Waals surface area contributed by atoms with E-state index < -0.39 is 23.1 Å². The summed E-state index contributed by atoms with van der Waals surface area (Å²) in [6.45, 7) is 5.04. The molecule has 0 bridgehead atoms. The zero-order valence-electron chi connectivity index (χ0n) is 21.8. The Kier molecular flexibility index (Phi) is 10.8. The highest BCUT2D eigenvalue weighted by atomic mass is 19.1. The third kappa shape index (κ3) is 7.09. The predicted molar refractivity (Wildman–Crippen MR) is 145 cm³/mol. The van der Waals surface area contributed by atoms with E-state index in [0.717, 1.165) is 49.0 Å². The topological polar surface area (TPSA) is 46.5 Å². The highest BCUT2D eigenvalue weighted by molar-refractivity contribution is 5.88. The first-order valence-electron chi connectivity index (χ1n) is 13.6. The van der Waals surface area contributed by atoms with Crippen molar-refractivity contribution in [2.24, 2.45) is 0 Å². The zero-order valence-corrected chi connectivity index (χ0v) is 21.8. The van der Waals surface area contributed by atoms with Crippen LogP contribution in [0.2, 0.25) is 0 Å². The van der Waals surface area contributed by atoms with Crippen LogP contribution in [0.25, 0.3) is 0 Å². The lowest BCUT2D eigenvalue weighted by Gasteiger charge is -2.30. The summed E-state index contributed by atoms with van der Waals surface area (Å²) in [7, 11) is 0. The summed E-state index contributed by atoms with van der Waals surface area (Å²) >= 11 is 0. The molecule has 0 heterocycles. The van der Waals surface area contributed by atoms with Crippen LogP contribution in [0.5, 0.6) is 5.75 Å². The number of hydrogen-bond acceptors (Lipinski definition) is 2. The largest absolute Gasteiger partial charge is 0.494 e. The highest BCUT2D eigenvalue weighted by Gasteiger charge is 2.41. The van der Waals surface area contributed by atoms with Gasteiger partial charge in [-0.25, -0.2) is 4.39 Å². The third-order valence-electron chi connectivity index (χ3n) is 7.09. The minimum atomic E-state index is -1.50. The zero-order chi connectivity index (χ0) is 25.8. The van der Waals surface area contributed by atoms with Gasteiger partial charge in [0.2, 0.25) is 0 Å². The molecule has 0 radical (unpaired) electrons. The lowest BCUT2D eigenvalue weighted by Crippen LogP contribution is -2.35. The minimum absolute atomic E-state index is 0.441. The van der Waals surface area contributed by atoms with Crippen LogP contribution in [0.3, 0.4) is 0 Å². The lowest BCUT2D eigenvalue weighted by molar-refractivity contribution is -0.140. The average Bonchev–Trinajstić information content (AvgIpc) is 2.89. The van der Waals surface area contributed by atoms with Crippen molar-refractivity contribution in [1.82, 2.24) is 0 Å². The fourth-order valence-electron chi connectivity index (χ4n) is 4.93. The van der Waals surface area contributed by atoms with Crippen LogP contribution in [0.1, 0.15) is 94.2 Å². The summed E-state index contributed by atoms with van der Waals surface area (Å²) in [6, 6.07) is 15.0. The number of halogens is 1. The van der Waals surface area contributed by atoms with Crippen molar-refractivity contribution in [3.63, 3.8) is 0 Å². The first-order chi connectivity index (χ1) is 17.5. The summed E-state index contributed by atoms with van der Waals surface area (Å²) < 4.78 is 21.4. The van der Waals surface area contributed by atoms with Gasteiger partial charge in [-0.3, -0.25) is 4.79 Å². The number of unbranched alkanes of at least 4 members (excludes halogenated alkanes) is 7. The van der Waals surface area contributed by atoms with E-state index in [4.69, 9.17) is 4.74 Å². The van der Waals surface area contributed by atoms with Crippen LogP contribution in [-0.2, 0) is 16.6 Å². The number of carboxylic acid groups (broad SMARTS) is 1. The predicted octanol–water partition coefficient (Wildman–Crippen LogP) is 8.69. The van der Waals surface area contributed by atoms with Crippen LogP contribution in [0, 0.1) is 0 Å². The second kappa shape index (κ2) is 14.0. The van der Waals surface area contributed by atoms with Gasteiger partial charge in [-0.2, -0.15) is 0 Å². The molecule has 2 unspecified atom stereocenters. The van der Waals surface area contributed by atoms with Gasteiger partial charge in [0.15, 0.2) is 0 Å². The van der Waals surface area contributed by atoms with Crippen molar-refractivity contribution >= 4 is 5.97 Å². The van der Waals surface area contributed by atoms with Crippen molar-refractivity contribution < 1.29 is 19.0 Å². The van der Waals surface area contributed by atoms with Crippen molar-refractivity contribution in [2.75, 3.05) is 6.61 Å². The number of aliphatic carboxylic acids is 1. The molecule has 0 fully saturated rings. The van der Waals surface area contributed by atoms with Gasteiger partial charge in [-0.1, -0.05) is 107 Å². The maximum atomic E-state index is 15.5. The summed E-state index contributed by atoms with van der Waals surface area (Å²) in [5, 5.41) is 10.2. The normalized spacial score (nSPS) is 19.2. The van der Waals surface area contributed by atoms with Crippen LogP contribution >= 0.6 is 0 Å². The number of allylic oxidation sites excluding steroid dienone is 2. The van der Waals surface area contributed by atoms with Crippen molar-refractivity contribution in [1.29, 1.82) is 0 Å². The first-order valence-corrected chi connectivity index (χ1v) is 13.6. The minimum Gasteiger partial charge on any atom is -0.494 e. The van der Waals surface area contributed by atoms with E-state index in [1.807, 2.05) is 48.5 Å². The molecule has 2 atom stereocenters. The van der Waals surface area contributed by atoms with Crippen molar-refractivity contribution in [3.8, 4) is 5.75 Å². The Bertz CT molecular complexity index is 1020. The van der Waals surface area contributed by atoms with E-state index in [1.54, 1.807) is 12.2 Å². The molecule has 0 saturated heterocycles. The summed E-state index contributed by atoms with van der Waals surface area (Å²) in [4.78, 5) is 12.5. The molecule has 1 aliphatic carbocycles. The molecule has 2 aromatic carbocycles. The van der Waals surface area contributed by atoms with Gasteiger partial charge in [0.25, 0.3) is 0 Å². The number of hydrogen-bond donors (Lipinski definition) is 1.